The zero-order valence-electron chi connectivity index (χ0n) is 9.11. The number of aromatic nitrogens is 2. The van der Waals surface area contributed by atoms with E-state index in [0.29, 0.717) is 6.04 Å². The van der Waals surface area contributed by atoms with Crippen molar-refractivity contribution in [3.63, 3.8) is 0 Å². The Hall–Kier alpha value is -0.800. The molecule has 0 amide bonds. The van der Waals surface area contributed by atoms with Crippen LogP contribution in [0.5, 0.6) is 0 Å². The van der Waals surface area contributed by atoms with E-state index in [9.17, 15) is 0 Å². The number of hydrogen-bond acceptors (Lipinski definition) is 1. The summed E-state index contributed by atoms with van der Waals surface area (Å²) >= 11 is 9.64. The summed E-state index contributed by atoms with van der Waals surface area (Å²) in [5.74, 6) is 0. The second kappa shape index (κ2) is 4.60. The van der Waals surface area contributed by atoms with Gasteiger partial charge in [-0.1, -0.05) is 29.8 Å². The van der Waals surface area contributed by atoms with Gasteiger partial charge in [-0.2, -0.15) is 0 Å². The summed E-state index contributed by atoms with van der Waals surface area (Å²) in [6, 6.07) is 8.14. The second-order valence-electron chi connectivity index (χ2n) is 3.86. The van der Waals surface area contributed by atoms with Gasteiger partial charge in [0, 0.05) is 16.6 Å². The standard InChI is InChI=1S/C12H12BrClN2/c1-8(2)16-11(7-15-12(16)13)9-5-3-4-6-10(9)14/h3-8H,1-2H3. The minimum Gasteiger partial charge on any atom is -0.316 e. The molecule has 0 aliphatic rings. The Balaban J connectivity index is 2.61. The van der Waals surface area contributed by atoms with Gasteiger partial charge >= 0.3 is 0 Å². The van der Waals surface area contributed by atoms with Crippen LogP contribution in [0.4, 0.5) is 0 Å². The molecule has 0 fully saturated rings. The highest BCUT2D eigenvalue weighted by Gasteiger charge is 2.14. The lowest BCUT2D eigenvalue weighted by Crippen LogP contribution is -2.03. The van der Waals surface area contributed by atoms with Crippen LogP contribution in [0.3, 0.4) is 0 Å². The summed E-state index contributed by atoms with van der Waals surface area (Å²) in [6.07, 6.45) is 1.84. The molecular formula is C12H12BrClN2. The molecule has 0 unspecified atom stereocenters. The smallest absolute Gasteiger partial charge is 0.177 e. The molecule has 4 heteroatoms. The summed E-state index contributed by atoms with van der Waals surface area (Å²) in [5.41, 5.74) is 2.04. The van der Waals surface area contributed by atoms with Crippen molar-refractivity contribution in [2.75, 3.05) is 0 Å². The number of imidazole rings is 1. The normalized spacial score (nSPS) is 11.1. The van der Waals surface area contributed by atoms with Gasteiger partial charge in [-0.25, -0.2) is 4.98 Å². The summed E-state index contributed by atoms with van der Waals surface area (Å²) in [5, 5.41) is 0.747. The molecule has 0 atom stereocenters. The van der Waals surface area contributed by atoms with Gasteiger partial charge in [0.1, 0.15) is 0 Å². The van der Waals surface area contributed by atoms with Gasteiger partial charge in [0.05, 0.1) is 11.9 Å². The van der Waals surface area contributed by atoms with Crippen molar-refractivity contribution in [1.29, 1.82) is 0 Å². The lowest BCUT2D eigenvalue weighted by molar-refractivity contribution is 0.592. The Morgan fingerprint density at radius 3 is 2.62 bits per heavy atom. The van der Waals surface area contributed by atoms with Crippen molar-refractivity contribution in [3.05, 3.63) is 40.2 Å². The molecule has 1 aromatic carbocycles. The first kappa shape index (κ1) is 11.7. The second-order valence-corrected chi connectivity index (χ2v) is 4.97. The van der Waals surface area contributed by atoms with Gasteiger partial charge in [-0.15, -0.1) is 0 Å². The predicted octanol–water partition coefficient (Wildman–Crippen LogP) is 4.55. The minimum absolute atomic E-state index is 0.336. The lowest BCUT2D eigenvalue weighted by atomic mass is 10.1. The highest BCUT2D eigenvalue weighted by atomic mass is 79.9. The Morgan fingerprint density at radius 2 is 2.00 bits per heavy atom. The average molecular weight is 300 g/mol. The van der Waals surface area contributed by atoms with Crippen LogP contribution >= 0.6 is 27.5 Å². The monoisotopic (exact) mass is 298 g/mol. The van der Waals surface area contributed by atoms with E-state index in [0.717, 1.165) is 21.0 Å². The van der Waals surface area contributed by atoms with Crippen molar-refractivity contribution < 1.29 is 0 Å². The number of benzene rings is 1. The van der Waals surface area contributed by atoms with E-state index in [-0.39, 0.29) is 0 Å². The van der Waals surface area contributed by atoms with E-state index in [1.165, 1.54) is 0 Å². The van der Waals surface area contributed by atoms with Gasteiger partial charge in [0.15, 0.2) is 4.73 Å². The van der Waals surface area contributed by atoms with Crippen LogP contribution in [0.15, 0.2) is 35.2 Å². The molecule has 0 saturated heterocycles. The summed E-state index contributed by atoms with van der Waals surface area (Å²) < 4.78 is 2.94. The van der Waals surface area contributed by atoms with Crippen molar-refractivity contribution in [2.24, 2.45) is 0 Å². The third kappa shape index (κ3) is 2.02. The van der Waals surface area contributed by atoms with Crippen LogP contribution < -0.4 is 0 Å². The van der Waals surface area contributed by atoms with Crippen LogP contribution in [0.25, 0.3) is 11.3 Å². The first-order chi connectivity index (χ1) is 7.61. The van der Waals surface area contributed by atoms with Crippen LogP contribution in [0, 0.1) is 0 Å². The molecule has 84 valence electrons. The number of hydrogen-bond donors (Lipinski definition) is 0. The molecule has 2 nitrogen and oxygen atoms in total. The van der Waals surface area contributed by atoms with Gasteiger partial charge in [0.2, 0.25) is 0 Å². The maximum absolute atomic E-state index is 6.19. The Morgan fingerprint density at radius 1 is 1.31 bits per heavy atom. The highest BCUT2D eigenvalue weighted by molar-refractivity contribution is 9.10. The molecule has 16 heavy (non-hydrogen) atoms. The SMILES string of the molecule is CC(C)n1c(-c2ccccc2Cl)cnc1Br. The number of nitrogens with zero attached hydrogens (tertiary/aromatic N) is 2. The Bertz CT molecular complexity index is 505. The summed E-state index contributed by atoms with van der Waals surface area (Å²) in [4.78, 5) is 4.28. The van der Waals surface area contributed by atoms with Crippen LogP contribution in [0.2, 0.25) is 5.02 Å². The fourth-order valence-electron chi connectivity index (χ4n) is 1.70. The molecule has 0 bridgehead atoms. The average Bonchev–Trinajstić information content (AvgIpc) is 2.61. The van der Waals surface area contributed by atoms with Gasteiger partial charge in [0.25, 0.3) is 0 Å². The fraction of sp³-hybridized carbons (Fsp3) is 0.250. The number of halogens is 2. The molecule has 0 N–H and O–H groups in total. The topological polar surface area (TPSA) is 17.8 Å². The molecule has 0 spiro atoms. The zero-order chi connectivity index (χ0) is 11.7. The third-order valence-electron chi connectivity index (χ3n) is 2.42. The summed E-state index contributed by atoms with van der Waals surface area (Å²) in [6.45, 7) is 4.24. The molecule has 0 aliphatic carbocycles. The van der Waals surface area contributed by atoms with Crippen molar-refractivity contribution in [3.8, 4) is 11.3 Å². The summed E-state index contributed by atoms with van der Waals surface area (Å²) in [7, 11) is 0. The van der Waals surface area contributed by atoms with Gasteiger partial charge < -0.3 is 4.57 Å². The Kier molecular flexibility index (Phi) is 3.36. The minimum atomic E-state index is 0.336. The van der Waals surface area contributed by atoms with E-state index in [1.807, 2.05) is 30.5 Å². The van der Waals surface area contributed by atoms with E-state index in [1.54, 1.807) is 0 Å². The van der Waals surface area contributed by atoms with Gasteiger partial charge in [-0.3, -0.25) is 0 Å². The lowest BCUT2D eigenvalue weighted by Gasteiger charge is -2.14. The van der Waals surface area contributed by atoms with E-state index < -0.39 is 0 Å². The number of rotatable bonds is 2. The molecule has 0 radical (unpaired) electrons. The van der Waals surface area contributed by atoms with Crippen molar-refractivity contribution in [1.82, 2.24) is 9.55 Å². The Labute approximate surface area is 108 Å². The molecule has 1 heterocycles. The first-order valence-electron chi connectivity index (χ1n) is 5.09. The zero-order valence-corrected chi connectivity index (χ0v) is 11.5. The van der Waals surface area contributed by atoms with Crippen molar-refractivity contribution >= 4 is 27.5 Å². The van der Waals surface area contributed by atoms with Crippen LogP contribution in [0.1, 0.15) is 19.9 Å². The highest BCUT2D eigenvalue weighted by Crippen LogP contribution is 2.31. The molecule has 2 aromatic rings. The quantitative estimate of drug-likeness (QED) is 0.795. The molecular weight excluding hydrogens is 288 g/mol. The maximum Gasteiger partial charge on any atom is 0.177 e. The predicted molar refractivity (Wildman–Crippen MR) is 70.8 cm³/mol. The van der Waals surface area contributed by atoms with E-state index >= 15 is 0 Å². The molecule has 2 rings (SSSR count). The van der Waals surface area contributed by atoms with E-state index in [4.69, 9.17) is 11.6 Å². The first-order valence-corrected chi connectivity index (χ1v) is 6.26. The molecule has 0 aliphatic heterocycles. The van der Waals surface area contributed by atoms with Crippen LogP contribution in [-0.2, 0) is 0 Å². The van der Waals surface area contributed by atoms with E-state index in [2.05, 4.69) is 39.3 Å². The molecule has 1 aromatic heterocycles. The largest absolute Gasteiger partial charge is 0.316 e. The fourth-order valence-corrected chi connectivity index (χ4v) is 2.63. The maximum atomic E-state index is 6.19. The van der Waals surface area contributed by atoms with Crippen LogP contribution in [-0.4, -0.2) is 9.55 Å². The third-order valence-corrected chi connectivity index (χ3v) is 3.33. The van der Waals surface area contributed by atoms with Gasteiger partial charge in [-0.05, 0) is 35.8 Å². The molecule has 0 saturated carbocycles. The van der Waals surface area contributed by atoms with Crippen molar-refractivity contribution in [2.45, 2.75) is 19.9 Å².